The van der Waals surface area contributed by atoms with Gasteiger partial charge in [-0.1, -0.05) is 233 Å². The Morgan fingerprint density at radius 3 is 1.18 bits per heavy atom. The molecule has 0 radical (unpaired) electrons. The van der Waals surface area contributed by atoms with Gasteiger partial charge in [0.05, 0.1) is 0 Å². The molecule has 3 saturated carbocycles. The normalized spacial score (nSPS) is 33.3. The van der Waals surface area contributed by atoms with E-state index in [4.69, 9.17) is 0 Å². The first-order valence-corrected chi connectivity index (χ1v) is 21.6. The molecular formula is C44H84. The third-order valence-corrected chi connectivity index (χ3v) is 13.9. The van der Waals surface area contributed by atoms with Gasteiger partial charge in [-0.05, 0) is 47.3 Å². The van der Waals surface area contributed by atoms with Crippen LogP contribution in [0.15, 0.2) is 0 Å². The zero-order chi connectivity index (χ0) is 31.2. The highest BCUT2D eigenvalue weighted by Gasteiger charge is 2.26. The highest BCUT2D eigenvalue weighted by molar-refractivity contribution is 4.78. The van der Waals surface area contributed by atoms with Gasteiger partial charge in [0.1, 0.15) is 0 Å². The van der Waals surface area contributed by atoms with Crippen LogP contribution < -0.4 is 0 Å². The summed E-state index contributed by atoms with van der Waals surface area (Å²) in [5.74, 6) is 8.00. The number of rotatable bonds is 8. The summed E-state index contributed by atoms with van der Waals surface area (Å²) in [6, 6.07) is 0. The zero-order valence-electron chi connectivity index (χ0n) is 31.2. The fourth-order valence-electron chi connectivity index (χ4n) is 10.5. The SMILES string of the molecule is CCCC(C)C(C)CCCCC1CCCCC2CCCCC3CCCCCCCCCCC3CCCCC2CCCCC1C. The van der Waals surface area contributed by atoms with Gasteiger partial charge in [-0.3, -0.25) is 0 Å². The van der Waals surface area contributed by atoms with Crippen LogP contribution in [0.2, 0.25) is 0 Å². The smallest absolute Gasteiger partial charge is 0.0386 e. The lowest BCUT2D eigenvalue weighted by atomic mass is 9.73. The van der Waals surface area contributed by atoms with Gasteiger partial charge in [0.15, 0.2) is 0 Å². The summed E-state index contributed by atoms with van der Waals surface area (Å²) >= 11 is 0. The molecule has 3 aliphatic carbocycles. The summed E-state index contributed by atoms with van der Waals surface area (Å²) in [6.07, 6.45) is 48.7. The molecule has 8 atom stereocenters. The van der Waals surface area contributed by atoms with E-state index in [0.29, 0.717) is 0 Å². The third kappa shape index (κ3) is 15.7. The lowest BCUT2D eigenvalue weighted by Gasteiger charge is -2.32. The fourth-order valence-corrected chi connectivity index (χ4v) is 10.5. The van der Waals surface area contributed by atoms with Crippen molar-refractivity contribution in [2.75, 3.05) is 0 Å². The summed E-state index contributed by atoms with van der Waals surface area (Å²) in [4.78, 5) is 0. The zero-order valence-corrected chi connectivity index (χ0v) is 31.2. The predicted octanol–water partition coefficient (Wildman–Crippen LogP) is 15.5. The van der Waals surface area contributed by atoms with Gasteiger partial charge in [-0.25, -0.2) is 0 Å². The second-order valence-electron chi connectivity index (χ2n) is 17.3. The van der Waals surface area contributed by atoms with Gasteiger partial charge < -0.3 is 0 Å². The van der Waals surface area contributed by atoms with Crippen molar-refractivity contribution >= 4 is 0 Å². The van der Waals surface area contributed by atoms with Crippen LogP contribution in [0.4, 0.5) is 0 Å². The number of hydrogen-bond donors (Lipinski definition) is 0. The van der Waals surface area contributed by atoms with Crippen LogP contribution in [0.5, 0.6) is 0 Å². The highest BCUT2D eigenvalue weighted by Crippen LogP contribution is 2.39. The summed E-state index contributed by atoms with van der Waals surface area (Å²) in [7, 11) is 0. The molecule has 0 heterocycles. The Kier molecular flexibility index (Phi) is 21.1. The Bertz CT molecular complexity index is 650. The lowest BCUT2D eigenvalue weighted by Crippen LogP contribution is -2.20. The van der Waals surface area contributed by atoms with Crippen LogP contribution in [-0.4, -0.2) is 0 Å². The van der Waals surface area contributed by atoms with Crippen LogP contribution >= 0.6 is 0 Å². The van der Waals surface area contributed by atoms with Crippen molar-refractivity contribution in [3.63, 3.8) is 0 Å². The van der Waals surface area contributed by atoms with Gasteiger partial charge in [0.25, 0.3) is 0 Å². The number of hydrogen-bond acceptors (Lipinski definition) is 0. The molecule has 260 valence electrons. The summed E-state index contributed by atoms with van der Waals surface area (Å²) < 4.78 is 0. The monoisotopic (exact) mass is 613 g/mol. The lowest BCUT2D eigenvalue weighted by molar-refractivity contribution is 0.194. The Labute approximate surface area is 279 Å². The molecule has 0 aromatic rings. The van der Waals surface area contributed by atoms with Crippen LogP contribution in [0.3, 0.4) is 0 Å². The second kappa shape index (κ2) is 24.2. The van der Waals surface area contributed by atoms with Crippen molar-refractivity contribution in [2.24, 2.45) is 47.3 Å². The van der Waals surface area contributed by atoms with Crippen molar-refractivity contribution < 1.29 is 0 Å². The van der Waals surface area contributed by atoms with Crippen molar-refractivity contribution in [1.82, 2.24) is 0 Å². The average Bonchev–Trinajstić information content (AvgIpc) is 3.00. The topological polar surface area (TPSA) is 0 Å². The molecule has 44 heavy (non-hydrogen) atoms. The minimum atomic E-state index is 0.918. The summed E-state index contributed by atoms with van der Waals surface area (Å²) in [5, 5.41) is 0. The average molecular weight is 613 g/mol. The van der Waals surface area contributed by atoms with Gasteiger partial charge in [-0.2, -0.15) is 0 Å². The van der Waals surface area contributed by atoms with E-state index in [1.807, 2.05) is 0 Å². The molecule has 3 aliphatic rings. The molecule has 3 fully saturated rings. The van der Waals surface area contributed by atoms with E-state index in [-0.39, 0.29) is 0 Å². The molecular weight excluding hydrogens is 528 g/mol. The summed E-state index contributed by atoms with van der Waals surface area (Å²) in [5.41, 5.74) is 0. The molecule has 0 N–H and O–H groups in total. The van der Waals surface area contributed by atoms with E-state index in [1.54, 1.807) is 77.0 Å². The van der Waals surface area contributed by atoms with E-state index in [1.165, 1.54) is 128 Å². The van der Waals surface area contributed by atoms with Gasteiger partial charge >= 0.3 is 0 Å². The molecule has 3 rings (SSSR count). The molecule has 0 nitrogen and oxygen atoms in total. The fraction of sp³-hybridized carbons (Fsp3) is 1.00. The quantitative estimate of drug-likeness (QED) is 0.239. The molecule has 0 aromatic carbocycles. The molecule has 0 saturated heterocycles. The standard InChI is InChI=1S/C44H84/c1-5-24-37(2)38(3)25-14-16-27-40-28-18-19-32-44-36-23-21-34-42-30-13-11-9-7-6-8-10-12-29-41(42)33-20-22-35-43(44)31-17-15-26-39(40)4/h37-44H,5-36H2,1-4H3. The number of unbranched alkanes of at least 4 members (excludes halogenated alkanes) is 1. The highest BCUT2D eigenvalue weighted by atomic mass is 14.3. The maximum absolute atomic E-state index is 2.64. The van der Waals surface area contributed by atoms with E-state index < -0.39 is 0 Å². The molecule has 0 heteroatoms. The van der Waals surface area contributed by atoms with Crippen LogP contribution in [0, 0.1) is 47.3 Å². The van der Waals surface area contributed by atoms with Gasteiger partial charge in [0, 0.05) is 0 Å². The van der Waals surface area contributed by atoms with Crippen molar-refractivity contribution in [1.29, 1.82) is 0 Å². The minimum Gasteiger partial charge on any atom is -0.0654 e. The molecule has 8 unspecified atom stereocenters. The molecule has 0 bridgehead atoms. The molecule has 0 spiro atoms. The first-order valence-electron chi connectivity index (χ1n) is 21.6. The van der Waals surface area contributed by atoms with E-state index in [0.717, 1.165) is 47.3 Å². The maximum atomic E-state index is 2.64. The van der Waals surface area contributed by atoms with E-state index in [9.17, 15) is 0 Å². The van der Waals surface area contributed by atoms with E-state index >= 15 is 0 Å². The Balaban J connectivity index is 1.49. The predicted molar refractivity (Wildman–Crippen MR) is 198 cm³/mol. The largest absolute Gasteiger partial charge is 0.0654 e. The van der Waals surface area contributed by atoms with Crippen LogP contribution in [0.25, 0.3) is 0 Å². The Morgan fingerprint density at radius 2 is 0.750 bits per heavy atom. The first kappa shape index (κ1) is 38.4. The van der Waals surface area contributed by atoms with Crippen LogP contribution in [0.1, 0.15) is 233 Å². The Hall–Kier alpha value is 0. The first-order chi connectivity index (χ1) is 21.6. The maximum Gasteiger partial charge on any atom is -0.0386 e. The van der Waals surface area contributed by atoms with Gasteiger partial charge in [-0.15, -0.1) is 0 Å². The van der Waals surface area contributed by atoms with Gasteiger partial charge in [0.2, 0.25) is 0 Å². The third-order valence-electron chi connectivity index (χ3n) is 13.9. The molecule has 0 aromatic heterocycles. The minimum absolute atomic E-state index is 0.918. The van der Waals surface area contributed by atoms with E-state index in [2.05, 4.69) is 27.7 Å². The second-order valence-corrected chi connectivity index (χ2v) is 17.3. The van der Waals surface area contributed by atoms with Crippen LogP contribution in [-0.2, 0) is 0 Å². The van der Waals surface area contributed by atoms with Crippen molar-refractivity contribution in [2.45, 2.75) is 233 Å². The van der Waals surface area contributed by atoms with Crippen molar-refractivity contribution in [3.8, 4) is 0 Å². The molecule has 0 amide bonds. The number of fused-ring (bicyclic) bond motifs is 2. The Morgan fingerprint density at radius 1 is 0.409 bits per heavy atom. The molecule has 0 aliphatic heterocycles. The van der Waals surface area contributed by atoms with Crippen molar-refractivity contribution in [3.05, 3.63) is 0 Å². The summed E-state index contributed by atoms with van der Waals surface area (Å²) in [6.45, 7) is 10.0.